The van der Waals surface area contributed by atoms with Crippen LogP contribution in [0.5, 0.6) is 0 Å². The lowest BCUT2D eigenvalue weighted by atomic mass is 9.73. The molecule has 7 heteroatoms. The van der Waals surface area contributed by atoms with E-state index in [9.17, 15) is 4.79 Å². The molecule has 0 saturated carbocycles. The number of nitrogens with zero attached hydrogens (tertiary/aromatic N) is 2. The van der Waals surface area contributed by atoms with E-state index in [4.69, 9.17) is 9.26 Å². The van der Waals surface area contributed by atoms with Gasteiger partial charge in [0.05, 0.1) is 16.7 Å². The van der Waals surface area contributed by atoms with Crippen LogP contribution in [0, 0.1) is 0 Å². The molecule has 0 atom stereocenters. The number of amides is 1. The summed E-state index contributed by atoms with van der Waals surface area (Å²) < 4.78 is 11.0. The molecule has 2 aromatic heterocycles. The summed E-state index contributed by atoms with van der Waals surface area (Å²) in [6.45, 7) is 1.13. The van der Waals surface area contributed by atoms with Crippen molar-refractivity contribution in [2.75, 3.05) is 18.5 Å². The van der Waals surface area contributed by atoms with Crippen molar-refractivity contribution in [1.82, 2.24) is 10.1 Å². The molecule has 0 bridgehead atoms. The maximum atomic E-state index is 13.6. The Kier molecular flexibility index (Phi) is 5.83. The Morgan fingerprint density at radius 1 is 1.00 bits per heavy atom. The van der Waals surface area contributed by atoms with Gasteiger partial charge in [0, 0.05) is 18.9 Å². The molecule has 0 unspecified atom stereocenters. The molecule has 1 saturated heterocycles. The minimum Gasteiger partial charge on any atom is -0.381 e. The van der Waals surface area contributed by atoms with E-state index in [1.54, 1.807) is 11.3 Å². The molecule has 1 aliphatic heterocycles. The molecule has 0 radical (unpaired) electrons. The van der Waals surface area contributed by atoms with Crippen LogP contribution in [-0.2, 0) is 21.4 Å². The third-order valence-electron chi connectivity index (χ3n) is 5.92. The van der Waals surface area contributed by atoms with Crippen molar-refractivity contribution < 1.29 is 14.1 Å². The zero-order valence-corrected chi connectivity index (χ0v) is 18.3. The first-order valence-corrected chi connectivity index (χ1v) is 11.5. The lowest BCUT2D eigenvalue weighted by molar-refractivity contribution is -0.125. The molecule has 1 N–H and O–H groups in total. The summed E-state index contributed by atoms with van der Waals surface area (Å²) in [7, 11) is 0. The molecule has 1 fully saturated rings. The summed E-state index contributed by atoms with van der Waals surface area (Å²) >= 11 is 1.57. The molecule has 5 rings (SSSR count). The van der Waals surface area contributed by atoms with Gasteiger partial charge in [-0.05, 0) is 41.5 Å². The van der Waals surface area contributed by atoms with E-state index in [0.717, 1.165) is 21.7 Å². The highest BCUT2D eigenvalue weighted by Crippen LogP contribution is 2.36. The van der Waals surface area contributed by atoms with Gasteiger partial charge in [0.25, 0.3) is 0 Å². The number of aromatic nitrogens is 2. The van der Waals surface area contributed by atoms with Crippen LogP contribution in [0.4, 0.5) is 5.69 Å². The van der Waals surface area contributed by atoms with E-state index in [1.807, 2.05) is 72.1 Å². The Morgan fingerprint density at radius 2 is 1.78 bits per heavy atom. The number of anilines is 1. The van der Waals surface area contributed by atoms with Crippen molar-refractivity contribution in [2.45, 2.75) is 24.7 Å². The monoisotopic (exact) mass is 445 g/mol. The van der Waals surface area contributed by atoms with Gasteiger partial charge in [-0.25, -0.2) is 0 Å². The van der Waals surface area contributed by atoms with E-state index < -0.39 is 5.41 Å². The van der Waals surface area contributed by atoms with E-state index >= 15 is 0 Å². The van der Waals surface area contributed by atoms with E-state index in [1.165, 1.54) is 0 Å². The zero-order valence-electron chi connectivity index (χ0n) is 17.5. The minimum absolute atomic E-state index is 0.00995. The first-order valence-electron chi connectivity index (χ1n) is 10.6. The van der Waals surface area contributed by atoms with Crippen LogP contribution >= 0.6 is 11.3 Å². The first-order chi connectivity index (χ1) is 15.7. The number of para-hydroxylation sites is 1. The summed E-state index contributed by atoms with van der Waals surface area (Å²) in [5, 5.41) is 9.27. The quantitative estimate of drug-likeness (QED) is 0.448. The summed E-state index contributed by atoms with van der Waals surface area (Å²) in [5.74, 6) is 1.09. The third kappa shape index (κ3) is 4.09. The van der Waals surface area contributed by atoms with Crippen molar-refractivity contribution in [1.29, 1.82) is 0 Å². The van der Waals surface area contributed by atoms with Gasteiger partial charge in [0.15, 0.2) is 0 Å². The van der Waals surface area contributed by atoms with Crippen LogP contribution in [0.3, 0.4) is 0 Å². The lowest BCUT2D eigenvalue weighted by Gasteiger charge is -2.36. The maximum Gasteiger partial charge on any atom is 0.235 e. The van der Waals surface area contributed by atoms with Crippen molar-refractivity contribution in [3.8, 4) is 10.7 Å². The Morgan fingerprint density at radius 3 is 2.56 bits per heavy atom. The summed E-state index contributed by atoms with van der Waals surface area (Å²) in [5.41, 5.74) is 2.10. The molecule has 0 spiro atoms. The summed E-state index contributed by atoms with van der Waals surface area (Å²) in [6.07, 6.45) is 1.74. The minimum atomic E-state index is -0.608. The second-order valence-corrected chi connectivity index (χ2v) is 8.79. The highest BCUT2D eigenvalue weighted by atomic mass is 32.1. The van der Waals surface area contributed by atoms with Crippen LogP contribution < -0.4 is 5.32 Å². The number of carbonyl (C=O) groups is 1. The van der Waals surface area contributed by atoms with Crippen LogP contribution in [-0.4, -0.2) is 29.3 Å². The SMILES string of the molecule is O=C(Nc1ccccc1Cc1nc(-c2cccs2)no1)C1(c2ccccc2)CCOCC1. The first kappa shape index (κ1) is 20.6. The highest BCUT2D eigenvalue weighted by molar-refractivity contribution is 7.13. The Hall–Kier alpha value is -3.29. The smallest absolute Gasteiger partial charge is 0.235 e. The van der Waals surface area contributed by atoms with Gasteiger partial charge in [0.1, 0.15) is 0 Å². The molecule has 1 amide bonds. The van der Waals surface area contributed by atoms with Crippen LogP contribution in [0.2, 0.25) is 0 Å². The fourth-order valence-corrected chi connectivity index (χ4v) is 4.81. The fraction of sp³-hybridized carbons (Fsp3) is 0.240. The number of benzene rings is 2. The Bertz CT molecular complexity index is 1180. The van der Waals surface area contributed by atoms with Gasteiger partial charge >= 0.3 is 0 Å². The van der Waals surface area contributed by atoms with E-state index in [-0.39, 0.29) is 5.91 Å². The van der Waals surface area contributed by atoms with Gasteiger partial charge in [-0.3, -0.25) is 4.79 Å². The van der Waals surface area contributed by atoms with Gasteiger partial charge < -0.3 is 14.6 Å². The van der Waals surface area contributed by atoms with Crippen molar-refractivity contribution in [2.24, 2.45) is 0 Å². The van der Waals surface area contributed by atoms with Crippen LogP contribution in [0.25, 0.3) is 10.7 Å². The molecule has 32 heavy (non-hydrogen) atoms. The molecular weight excluding hydrogens is 422 g/mol. The predicted octanol–water partition coefficient (Wildman–Crippen LogP) is 5.08. The van der Waals surface area contributed by atoms with Gasteiger partial charge in [-0.2, -0.15) is 4.98 Å². The topological polar surface area (TPSA) is 77.3 Å². The number of hydrogen-bond acceptors (Lipinski definition) is 6. The average molecular weight is 446 g/mol. The second kappa shape index (κ2) is 9.06. The van der Waals surface area contributed by atoms with Crippen molar-refractivity contribution in [3.63, 3.8) is 0 Å². The molecular formula is C25H23N3O3S. The number of hydrogen-bond donors (Lipinski definition) is 1. The molecule has 4 aromatic rings. The number of carbonyl (C=O) groups excluding carboxylic acids is 1. The number of nitrogens with one attached hydrogen (secondary N) is 1. The van der Waals surface area contributed by atoms with E-state index in [0.29, 0.717) is 44.2 Å². The molecule has 6 nitrogen and oxygen atoms in total. The largest absolute Gasteiger partial charge is 0.381 e. The fourth-order valence-electron chi connectivity index (χ4n) is 4.16. The standard InChI is InChI=1S/C25H23N3O3S/c29-24(25(12-14-30-15-13-25)19-8-2-1-3-9-19)26-20-10-5-4-7-18(20)17-22-27-23(28-31-22)21-11-6-16-32-21/h1-11,16H,12-15,17H2,(H,26,29). The summed E-state index contributed by atoms with van der Waals surface area (Å²) in [4.78, 5) is 19.1. The molecule has 3 heterocycles. The number of thiophene rings is 1. The molecule has 1 aliphatic rings. The summed E-state index contributed by atoms with van der Waals surface area (Å²) in [6, 6.07) is 21.7. The highest BCUT2D eigenvalue weighted by Gasteiger charge is 2.41. The second-order valence-electron chi connectivity index (χ2n) is 7.84. The van der Waals surface area contributed by atoms with Crippen LogP contribution in [0.1, 0.15) is 29.9 Å². The van der Waals surface area contributed by atoms with Crippen molar-refractivity contribution in [3.05, 3.63) is 89.1 Å². The van der Waals surface area contributed by atoms with E-state index in [2.05, 4.69) is 15.5 Å². The van der Waals surface area contributed by atoms with Crippen LogP contribution in [0.15, 0.2) is 76.6 Å². The molecule has 2 aromatic carbocycles. The zero-order chi connectivity index (χ0) is 21.8. The Balaban J connectivity index is 1.39. The van der Waals surface area contributed by atoms with Gasteiger partial charge in [0.2, 0.25) is 17.6 Å². The predicted molar refractivity (Wildman–Crippen MR) is 124 cm³/mol. The average Bonchev–Trinajstić information content (AvgIpc) is 3.54. The van der Waals surface area contributed by atoms with Gasteiger partial charge in [-0.15, -0.1) is 11.3 Å². The molecule has 0 aliphatic carbocycles. The van der Waals surface area contributed by atoms with Gasteiger partial charge in [-0.1, -0.05) is 59.8 Å². The lowest BCUT2D eigenvalue weighted by Crippen LogP contribution is -2.45. The molecule has 162 valence electrons. The third-order valence-corrected chi connectivity index (χ3v) is 6.79. The normalized spacial score (nSPS) is 15.4. The number of ether oxygens (including phenoxy) is 1. The number of rotatable bonds is 6. The van der Waals surface area contributed by atoms with Crippen molar-refractivity contribution >= 4 is 22.9 Å². The maximum absolute atomic E-state index is 13.6. The Labute approximate surface area is 190 Å².